The van der Waals surface area contributed by atoms with E-state index in [2.05, 4.69) is 47.8 Å². The van der Waals surface area contributed by atoms with Crippen LogP contribution in [-0.4, -0.2) is 33.7 Å². The lowest BCUT2D eigenvalue weighted by Gasteiger charge is -2.29. The van der Waals surface area contributed by atoms with Crippen LogP contribution in [-0.2, 0) is 18.1 Å². The molecule has 0 amide bonds. The van der Waals surface area contributed by atoms with Gasteiger partial charge in [-0.05, 0) is 13.8 Å². The summed E-state index contributed by atoms with van der Waals surface area (Å²) in [5.41, 5.74) is -1.91. The van der Waals surface area contributed by atoms with Crippen molar-refractivity contribution in [3.05, 3.63) is 0 Å². The van der Waals surface area contributed by atoms with E-state index < -0.39 is 18.9 Å². The van der Waals surface area contributed by atoms with Gasteiger partial charge in [0.1, 0.15) is 11.1 Å². The van der Waals surface area contributed by atoms with Gasteiger partial charge in [0, 0.05) is 21.4 Å². The highest BCUT2D eigenvalue weighted by Gasteiger charge is 2.36. The standard InChI is InChI=1S/C9H16Br3Cl2O4P/c1-7(13)17-19(15,18-8(2)14)16-6-9(3-10,4-11)5-12/h7-8H,3-6H2,1-2H3. The Kier molecular flexibility index (Phi) is 11.1. The maximum absolute atomic E-state index is 12.3. The van der Waals surface area contributed by atoms with Crippen molar-refractivity contribution in [3.63, 3.8) is 0 Å². The highest BCUT2D eigenvalue weighted by molar-refractivity contribution is 9.10. The first-order valence-corrected chi connectivity index (χ1v) is 11.0. The lowest BCUT2D eigenvalue weighted by Crippen LogP contribution is -2.32. The van der Waals surface area contributed by atoms with Crippen LogP contribution in [0.15, 0.2) is 0 Å². The largest absolute Gasteiger partial charge is 0.477 e. The molecule has 19 heavy (non-hydrogen) atoms. The third kappa shape index (κ3) is 8.36. The van der Waals surface area contributed by atoms with Crippen molar-refractivity contribution in [1.82, 2.24) is 0 Å². The molecule has 0 aromatic heterocycles. The van der Waals surface area contributed by atoms with Crippen molar-refractivity contribution in [2.75, 3.05) is 22.6 Å². The van der Waals surface area contributed by atoms with E-state index in [1.807, 2.05) is 0 Å². The first kappa shape index (κ1) is 21.1. The van der Waals surface area contributed by atoms with Crippen molar-refractivity contribution in [3.8, 4) is 0 Å². The van der Waals surface area contributed by atoms with Crippen LogP contribution in [0.4, 0.5) is 0 Å². The first-order valence-electron chi connectivity index (χ1n) is 5.30. The minimum Gasteiger partial charge on any atom is -0.286 e. The van der Waals surface area contributed by atoms with E-state index in [0.29, 0.717) is 16.0 Å². The molecule has 4 nitrogen and oxygen atoms in total. The Hall–Kier alpha value is 2.13. The molecule has 0 N–H and O–H groups in total. The lowest BCUT2D eigenvalue weighted by molar-refractivity contribution is 0.0811. The zero-order valence-electron chi connectivity index (χ0n) is 10.5. The summed E-state index contributed by atoms with van der Waals surface area (Å²) in [6.45, 7) is 3.19. The van der Waals surface area contributed by atoms with Crippen molar-refractivity contribution >= 4 is 78.8 Å². The Morgan fingerprint density at radius 3 is 1.68 bits per heavy atom. The van der Waals surface area contributed by atoms with Gasteiger partial charge in [0.25, 0.3) is 0 Å². The average Bonchev–Trinajstić information content (AvgIpc) is 2.29. The Balaban J connectivity index is 4.78. The van der Waals surface area contributed by atoms with Crippen molar-refractivity contribution in [2.45, 2.75) is 25.0 Å². The molecule has 0 fully saturated rings. The van der Waals surface area contributed by atoms with Gasteiger partial charge in [0.2, 0.25) is 0 Å². The summed E-state index contributed by atoms with van der Waals surface area (Å²) >= 11 is 21.5. The molecule has 0 aromatic carbocycles. The zero-order chi connectivity index (χ0) is 15.1. The molecule has 10 heteroatoms. The molecule has 0 aliphatic rings. The fraction of sp³-hybridized carbons (Fsp3) is 1.00. The van der Waals surface area contributed by atoms with Gasteiger partial charge in [-0.2, -0.15) is 0 Å². The van der Waals surface area contributed by atoms with E-state index in [1.54, 1.807) is 0 Å². The second-order valence-corrected chi connectivity index (χ2v) is 8.40. The number of phosphoric ester groups is 1. The quantitative estimate of drug-likeness (QED) is 0.278. The Morgan fingerprint density at radius 2 is 1.42 bits per heavy atom. The summed E-state index contributed by atoms with van der Waals surface area (Å²) in [5, 5.41) is 1.93. The van der Waals surface area contributed by atoms with Gasteiger partial charge in [-0.25, -0.2) is 4.57 Å². The van der Waals surface area contributed by atoms with E-state index in [-0.39, 0.29) is 12.0 Å². The summed E-state index contributed by atoms with van der Waals surface area (Å²) < 4.78 is 27.7. The Labute approximate surface area is 149 Å². The molecule has 0 aliphatic heterocycles. The van der Waals surface area contributed by atoms with E-state index in [1.165, 1.54) is 13.8 Å². The van der Waals surface area contributed by atoms with E-state index in [9.17, 15) is 4.57 Å². The summed E-state index contributed by atoms with van der Waals surface area (Å²) in [4.78, 5) is 0. The monoisotopic (exact) mass is 526 g/mol. The summed E-state index contributed by atoms with van der Waals surface area (Å²) in [5.74, 6) is 0. The van der Waals surface area contributed by atoms with Crippen LogP contribution in [0.3, 0.4) is 0 Å². The van der Waals surface area contributed by atoms with Gasteiger partial charge in [-0.3, -0.25) is 13.6 Å². The molecule has 116 valence electrons. The molecule has 0 rings (SSSR count). The highest BCUT2D eigenvalue weighted by Crippen LogP contribution is 2.53. The van der Waals surface area contributed by atoms with Crippen molar-refractivity contribution in [2.24, 2.45) is 5.41 Å². The third-order valence-corrected chi connectivity index (χ3v) is 7.52. The second-order valence-electron chi connectivity index (χ2n) is 3.92. The van der Waals surface area contributed by atoms with Crippen LogP contribution in [0.1, 0.15) is 13.8 Å². The molecule has 0 spiro atoms. The first-order chi connectivity index (χ1) is 8.72. The van der Waals surface area contributed by atoms with Crippen LogP contribution in [0, 0.1) is 5.41 Å². The Morgan fingerprint density at radius 1 is 1.05 bits per heavy atom. The normalized spacial score (nSPS) is 18.9. The van der Waals surface area contributed by atoms with E-state index in [4.69, 9.17) is 36.8 Å². The number of hydrogen-bond donors (Lipinski definition) is 0. The molecule has 0 saturated heterocycles. The number of phosphoric acid groups is 1. The number of rotatable bonds is 10. The SMILES string of the molecule is CC(Cl)OP(=O)(OCC(CBr)(CBr)CBr)OC(C)Cl. The van der Waals surface area contributed by atoms with Gasteiger partial charge >= 0.3 is 7.82 Å². The molecule has 0 heterocycles. The van der Waals surface area contributed by atoms with Crippen LogP contribution < -0.4 is 0 Å². The molecule has 2 unspecified atom stereocenters. The summed E-state index contributed by atoms with van der Waals surface area (Å²) in [7, 11) is -3.79. The molecular formula is C9H16Br3Cl2O4P. The van der Waals surface area contributed by atoms with Crippen molar-refractivity contribution in [1.29, 1.82) is 0 Å². The van der Waals surface area contributed by atoms with Gasteiger partial charge < -0.3 is 0 Å². The van der Waals surface area contributed by atoms with Crippen LogP contribution >= 0.6 is 78.8 Å². The maximum atomic E-state index is 12.3. The second kappa shape index (κ2) is 10.0. The fourth-order valence-electron chi connectivity index (χ4n) is 0.880. The Bertz CT molecular complexity index is 281. The molecular weight excluding hydrogens is 514 g/mol. The predicted octanol–water partition coefficient (Wildman–Crippen LogP) is 5.49. The van der Waals surface area contributed by atoms with Gasteiger partial charge in [0.15, 0.2) is 0 Å². The fourth-order valence-corrected chi connectivity index (χ4v) is 6.05. The topological polar surface area (TPSA) is 44.8 Å². The molecule has 0 aliphatic carbocycles. The van der Waals surface area contributed by atoms with Crippen LogP contribution in [0.5, 0.6) is 0 Å². The minimum absolute atomic E-state index is 0.152. The van der Waals surface area contributed by atoms with Crippen LogP contribution in [0.2, 0.25) is 0 Å². The average molecular weight is 530 g/mol. The zero-order valence-corrected chi connectivity index (χ0v) is 17.6. The van der Waals surface area contributed by atoms with E-state index in [0.717, 1.165) is 0 Å². The van der Waals surface area contributed by atoms with Gasteiger partial charge in [0.05, 0.1) is 6.61 Å². The predicted molar refractivity (Wildman–Crippen MR) is 90.2 cm³/mol. The number of halogens is 5. The molecule has 0 bridgehead atoms. The van der Waals surface area contributed by atoms with Crippen LogP contribution in [0.25, 0.3) is 0 Å². The van der Waals surface area contributed by atoms with Gasteiger partial charge in [-0.15, -0.1) is 0 Å². The summed E-state index contributed by atoms with van der Waals surface area (Å²) in [6, 6.07) is 0. The molecule has 2 atom stereocenters. The maximum Gasteiger partial charge on any atom is 0.477 e. The van der Waals surface area contributed by atoms with Crippen molar-refractivity contribution < 1.29 is 18.1 Å². The summed E-state index contributed by atoms with van der Waals surface area (Å²) in [6.07, 6.45) is 0. The van der Waals surface area contributed by atoms with Gasteiger partial charge in [-0.1, -0.05) is 71.0 Å². The third-order valence-electron chi connectivity index (χ3n) is 1.93. The number of hydrogen-bond acceptors (Lipinski definition) is 4. The van der Waals surface area contributed by atoms with E-state index >= 15 is 0 Å². The minimum atomic E-state index is -3.79. The molecule has 0 radical (unpaired) electrons. The molecule has 0 saturated carbocycles. The lowest BCUT2D eigenvalue weighted by atomic mass is 9.98. The smallest absolute Gasteiger partial charge is 0.286 e. The highest BCUT2D eigenvalue weighted by atomic mass is 79.9. The molecule has 0 aromatic rings. The number of alkyl halides is 5.